The lowest BCUT2D eigenvalue weighted by atomic mass is 9.96. The van der Waals surface area contributed by atoms with Crippen LogP contribution in [-0.2, 0) is 30.7 Å². The number of benzene rings is 1. The van der Waals surface area contributed by atoms with Crippen molar-refractivity contribution in [3.05, 3.63) is 72.2 Å². The molecule has 0 bridgehead atoms. The number of rotatable bonds is 6. The third-order valence-corrected chi connectivity index (χ3v) is 7.75. The van der Waals surface area contributed by atoms with E-state index < -0.39 is 0 Å². The number of piperazine rings is 1. The average Bonchev–Trinajstić information content (AvgIpc) is 3.35. The van der Waals surface area contributed by atoms with E-state index in [1.54, 1.807) is 12.5 Å². The van der Waals surface area contributed by atoms with Crippen molar-refractivity contribution in [2.75, 3.05) is 36.0 Å². The van der Waals surface area contributed by atoms with Crippen molar-refractivity contribution >= 4 is 28.4 Å². The number of carbonyl (C=O) groups excluding carboxylic acids is 1. The van der Waals surface area contributed by atoms with Gasteiger partial charge in [0, 0.05) is 57.1 Å². The van der Waals surface area contributed by atoms with E-state index in [1.807, 2.05) is 34.0 Å². The molecule has 9 heteroatoms. The van der Waals surface area contributed by atoms with Crippen molar-refractivity contribution in [1.29, 1.82) is 0 Å². The summed E-state index contributed by atoms with van der Waals surface area (Å²) in [5.41, 5.74) is 6.70. The normalized spacial score (nSPS) is 17.6. The highest BCUT2D eigenvalue weighted by Crippen LogP contribution is 2.32. The van der Waals surface area contributed by atoms with Gasteiger partial charge in [-0.2, -0.15) is 0 Å². The van der Waals surface area contributed by atoms with Crippen molar-refractivity contribution in [3.63, 3.8) is 0 Å². The molecule has 4 aromatic rings. The molecule has 0 unspecified atom stereocenters. The Balaban J connectivity index is 1.15. The van der Waals surface area contributed by atoms with Crippen LogP contribution in [0.1, 0.15) is 37.2 Å². The molecule has 1 aromatic carbocycles. The van der Waals surface area contributed by atoms with Crippen LogP contribution in [0.4, 0.5) is 11.4 Å². The summed E-state index contributed by atoms with van der Waals surface area (Å²) in [4.78, 5) is 38.0. The quantitative estimate of drug-likeness (QED) is 0.393. The minimum Gasteiger partial charge on any atom is -0.367 e. The summed E-state index contributed by atoms with van der Waals surface area (Å²) in [5.74, 6) is 1.02. The van der Waals surface area contributed by atoms with Crippen molar-refractivity contribution < 1.29 is 4.79 Å². The number of pyridine rings is 1. The number of aromatic nitrogens is 5. The molecule has 38 heavy (non-hydrogen) atoms. The highest BCUT2D eigenvalue weighted by molar-refractivity contribution is 5.79. The average molecular weight is 511 g/mol. The van der Waals surface area contributed by atoms with E-state index in [1.165, 1.54) is 16.8 Å². The molecular formula is C29H34N8O. The predicted molar refractivity (Wildman–Crippen MR) is 148 cm³/mol. The van der Waals surface area contributed by atoms with Crippen LogP contribution in [0.15, 0.2) is 55.2 Å². The maximum absolute atomic E-state index is 13.3. The molecule has 2 aliphatic rings. The second-order valence-electron chi connectivity index (χ2n) is 10.3. The van der Waals surface area contributed by atoms with Gasteiger partial charge >= 0.3 is 0 Å². The minimum absolute atomic E-state index is 0.106. The molecule has 2 aliphatic heterocycles. The molecule has 196 valence electrons. The Morgan fingerprint density at radius 1 is 1.00 bits per heavy atom. The second-order valence-corrected chi connectivity index (χ2v) is 10.3. The van der Waals surface area contributed by atoms with E-state index in [2.05, 4.69) is 61.8 Å². The lowest BCUT2D eigenvalue weighted by Crippen LogP contribution is -2.55. The second kappa shape index (κ2) is 10.4. The van der Waals surface area contributed by atoms with Gasteiger partial charge in [0.15, 0.2) is 5.65 Å². The number of imidazole rings is 1. The van der Waals surface area contributed by atoms with Crippen LogP contribution in [0.5, 0.6) is 0 Å². The molecule has 6 rings (SSSR count). The fourth-order valence-corrected chi connectivity index (χ4v) is 5.74. The molecule has 5 heterocycles. The first-order valence-electron chi connectivity index (χ1n) is 13.6. The van der Waals surface area contributed by atoms with Gasteiger partial charge in [-0.05, 0) is 49.1 Å². The molecule has 0 radical (unpaired) electrons. The van der Waals surface area contributed by atoms with Crippen molar-refractivity contribution in [3.8, 4) is 0 Å². The van der Waals surface area contributed by atoms with Crippen molar-refractivity contribution in [2.24, 2.45) is 0 Å². The predicted octanol–water partition coefficient (Wildman–Crippen LogP) is 3.47. The first-order chi connectivity index (χ1) is 18.6. The molecule has 0 spiro atoms. The van der Waals surface area contributed by atoms with Crippen LogP contribution < -0.4 is 9.80 Å². The molecule has 0 aliphatic carbocycles. The Hall–Kier alpha value is -4.01. The number of carbonyl (C=O) groups is 1. The number of hydrogen-bond donors (Lipinski definition) is 0. The largest absolute Gasteiger partial charge is 0.367 e. The molecule has 0 N–H and O–H groups in total. The Morgan fingerprint density at radius 2 is 1.87 bits per heavy atom. The molecule has 1 saturated heterocycles. The first-order valence-corrected chi connectivity index (χ1v) is 13.6. The summed E-state index contributed by atoms with van der Waals surface area (Å²) in [6.07, 6.45) is 10.4. The third kappa shape index (κ3) is 4.68. The fourth-order valence-electron chi connectivity index (χ4n) is 5.74. The Bertz CT molecular complexity index is 1430. The topological polar surface area (TPSA) is 83.3 Å². The Labute approximate surface area is 223 Å². The summed E-state index contributed by atoms with van der Waals surface area (Å²) < 4.78 is 1.84. The lowest BCUT2D eigenvalue weighted by molar-refractivity contribution is -0.134. The van der Waals surface area contributed by atoms with Crippen LogP contribution in [0.2, 0.25) is 0 Å². The SMILES string of the molecule is CCCc1ncc(N2CCc3cccc(N4CCN(C(=O)Cn5cnc6cccnc65)[C@H](C)C4)c3C2)cn1. The zero-order valence-electron chi connectivity index (χ0n) is 22.1. The smallest absolute Gasteiger partial charge is 0.242 e. The molecule has 3 aromatic heterocycles. The van der Waals surface area contributed by atoms with E-state index >= 15 is 0 Å². The first kappa shape index (κ1) is 24.3. The minimum atomic E-state index is 0.106. The van der Waals surface area contributed by atoms with Crippen LogP contribution in [-0.4, -0.2) is 67.5 Å². The third-order valence-electron chi connectivity index (χ3n) is 7.75. The van der Waals surface area contributed by atoms with Gasteiger partial charge in [-0.25, -0.2) is 19.9 Å². The number of fused-ring (bicyclic) bond motifs is 2. The fraction of sp³-hybridized carbons (Fsp3) is 0.414. The van der Waals surface area contributed by atoms with Gasteiger partial charge in [-0.3, -0.25) is 4.79 Å². The van der Waals surface area contributed by atoms with Gasteiger partial charge in [0.2, 0.25) is 5.91 Å². The maximum Gasteiger partial charge on any atom is 0.242 e. The zero-order valence-corrected chi connectivity index (χ0v) is 22.1. The molecule has 9 nitrogen and oxygen atoms in total. The molecule has 1 amide bonds. The maximum atomic E-state index is 13.3. The summed E-state index contributed by atoms with van der Waals surface area (Å²) in [6, 6.07) is 10.5. The van der Waals surface area contributed by atoms with Crippen LogP contribution in [0.25, 0.3) is 11.2 Å². The van der Waals surface area contributed by atoms with E-state index in [4.69, 9.17) is 0 Å². The summed E-state index contributed by atoms with van der Waals surface area (Å²) in [7, 11) is 0. The highest BCUT2D eigenvalue weighted by atomic mass is 16.2. The van der Waals surface area contributed by atoms with Gasteiger partial charge in [-0.1, -0.05) is 19.1 Å². The molecule has 1 atom stereocenters. The highest BCUT2D eigenvalue weighted by Gasteiger charge is 2.30. The number of nitrogens with zero attached hydrogens (tertiary/aromatic N) is 8. The van der Waals surface area contributed by atoms with Gasteiger partial charge in [-0.15, -0.1) is 0 Å². The van der Waals surface area contributed by atoms with Crippen LogP contribution >= 0.6 is 0 Å². The Kier molecular flexibility index (Phi) is 6.66. The Morgan fingerprint density at radius 3 is 2.68 bits per heavy atom. The van der Waals surface area contributed by atoms with Gasteiger partial charge < -0.3 is 19.3 Å². The van der Waals surface area contributed by atoms with E-state index in [-0.39, 0.29) is 18.5 Å². The van der Waals surface area contributed by atoms with Crippen LogP contribution in [0.3, 0.4) is 0 Å². The molecular weight excluding hydrogens is 476 g/mol. The van der Waals surface area contributed by atoms with Gasteiger partial charge in [0.25, 0.3) is 0 Å². The number of amides is 1. The number of hydrogen-bond acceptors (Lipinski definition) is 7. The van der Waals surface area contributed by atoms with Crippen LogP contribution in [0, 0.1) is 0 Å². The zero-order chi connectivity index (χ0) is 26.1. The van der Waals surface area contributed by atoms with Crippen molar-refractivity contribution in [2.45, 2.75) is 52.2 Å². The number of aryl methyl sites for hydroxylation is 1. The standard InChI is InChI=1S/C29H34N8O/c1-3-6-27-31-15-23(16-32-27)34-12-10-22-7-4-9-26(24(22)18-34)35-13-14-37(21(2)17-35)28(38)19-36-20-33-25-8-5-11-30-29(25)36/h4-5,7-9,11,15-16,20-21H,3,6,10,12-14,17-19H2,1-2H3/t21-/m1/s1. The number of anilines is 2. The summed E-state index contributed by atoms with van der Waals surface area (Å²) in [6.45, 7) is 8.66. The monoisotopic (exact) mass is 510 g/mol. The van der Waals surface area contributed by atoms with E-state index in [9.17, 15) is 4.79 Å². The summed E-state index contributed by atoms with van der Waals surface area (Å²) in [5, 5.41) is 0. The van der Waals surface area contributed by atoms with Crippen molar-refractivity contribution in [1.82, 2.24) is 29.4 Å². The van der Waals surface area contributed by atoms with Gasteiger partial charge in [0.05, 0.1) is 24.4 Å². The van der Waals surface area contributed by atoms with E-state index in [0.717, 1.165) is 68.1 Å². The lowest BCUT2D eigenvalue weighted by Gasteiger charge is -2.43. The summed E-state index contributed by atoms with van der Waals surface area (Å²) >= 11 is 0. The molecule has 0 saturated carbocycles. The van der Waals surface area contributed by atoms with Gasteiger partial charge in [0.1, 0.15) is 17.9 Å². The molecule has 1 fully saturated rings. The van der Waals surface area contributed by atoms with E-state index in [0.29, 0.717) is 6.54 Å².